The number of aromatic nitrogens is 3. The molecule has 1 aromatic carbocycles. The number of fused-ring (bicyclic) bond motifs is 1. The first-order valence-corrected chi connectivity index (χ1v) is 7.21. The van der Waals surface area contributed by atoms with Crippen LogP contribution in [0.3, 0.4) is 0 Å². The SMILES string of the molecule is CC(C)(C)Cc1noc(-c2ccc3nc(N)sc3c2)n1. The Hall–Kier alpha value is -1.95. The molecule has 0 unspecified atom stereocenters. The van der Waals surface area contributed by atoms with Crippen molar-refractivity contribution in [3.63, 3.8) is 0 Å². The molecule has 3 aromatic rings. The summed E-state index contributed by atoms with van der Waals surface area (Å²) in [5, 5.41) is 4.61. The Morgan fingerprint density at radius 2 is 2.05 bits per heavy atom. The minimum atomic E-state index is 0.136. The van der Waals surface area contributed by atoms with Gasteiger partial charge >= 0.3 is 0 Å². The molecule has 0 bridgehead atoms. The smallest absolute Gasteiger partial charge is 0.257 e. The highest BCUT2D eigenvalue weighted by atomic mass is 32.1. The fraction of sp³-hybridized carbons (Fsp3) is 0.357. The maximum Gasteiger partial charge on any atom is 0.257 e. The minimum Gasteiger partial charge on any atom is -0.375 e. The van der Waals surface area contributed by atoms with Crippen LogP contribution in [0.1, 0.15) is 26.6 Å². The molecular weight excluding hydrogens is 272 g/mol. The summed E-state index contributed by atoms with van der Waals surface area (Å²) in [4.78, 5) is 8.69. The third-order valence-corrected chi connectivity index (χ3v) is 3.66. The number of rotatable bonds is 2. The van der Waals surface area contributed by atoms with Gasteiger partial charge < -0.3 is 10.3 Å². The van der Waals surface area contributed by atoms with Crippen molar-refractivity contribution in [3.8, 4) is 11.5 Å². The summed E-state index contributed by atoms with van der Waals surface area (Å²) >= 11 is 1.45. The number of benzene rings is 1. The van der Waals surface area contributed by atoms with Crippen LogP contribution in [0.15, 0.2) is 22.7 Å². The molecule has 0 amide bonds. The second kappa shape index (κ2) is 4.56. The van der Waals surface area contributed by atoms with E-state index in [1.54, 1.807) is 0 Å². The van der Waals surface area contributed by atoms with Crippen molar-refractivity contribution in [1.82, 2.24) is 15.1 Å². The van der Waals surface area contributed by atoms with Crippen LogP contribution in [0.2, 0.25) is 0 Å². The highest BCUT2D eigenvalue weighted by Gasteiger charge is 2.17. The van der Waals surface area contributed by atoms with E-state index in [4.69, 9.17) is 10.3 Å². The Labute approximate surface area is 120 Å². The topological polar surface area (TPSA) is 77.8 Å². The Morgan fingerprint density at radius 3 is 2.80 bits per heavy atom. The van der Waals surface area contributed by atoms with Gasteiger partial charge in [0.25, 0.3) is 5.89 Å². The summed E-state index contributed by atoms with van der Waals surface area (Å²) < 4.78 is 6.37. The fourth-order valence-corrected chi connectivity index (χ4v) is 2.77. The molecule has 0 saturated heterocycles. The van der Waals surface area contributed by atoms with Crippen LogP contribution in [0.25, 0.3) is 21.7 Å². The molecule has 0 radical (unpaired) electrons. The van der Waals surface area contributed by atoms with Gasteiger partial charge in [-0.05, 0) is 23.6 Å². The van der Waals surface area contributed by atoms with Crippen molar-refractivity contribution in [3.05, 3.63) is 24.0 Å². The lowest BCUT2D eigenvalue weighted by Crippen LogP contribution is -2.10. The third kappa shape index (κ3) is 2.65. The van der Waals surface area contributed by atoms with E-state index < -0.39 is 0 Å². The van der Waals surface area contributed by atoms with E-state index in [0.717, 1.165) is 28.0 Å². The van der Waals surface area contributed by atoms with Crippen molar-refractivity contribution < 1.29 is 4.52 Å². The van der Waals surface area contributed by atoms with Gasteiger partial charge in [-0.3, -0.25) is 0 Å². The highest BCUT2D eigenvalue weighted by molar-refractivity contribution is 7.22. The standard InChI is InChI=1S/C14H16N4OS/c1-14(2,3)7-11-17-12(19-18-11)8-4-5-9-10(6-8)20-13(15)16-9/h4-6H,7H2,1-3H3,(H2,15,16). The predicted octanol–water partition coefficient (Wildman–Crippen LogP) is 3.52. The van der Waals surface area contributed by atoms with Crippen molar-refractivity contribution in [2.45, 2.75) is 27.2 Å². The number of nitrogens with zero attached hydrogens (tertiary/aromatic N) is 3. The summed E-state index contributed by atoms with van der Waals surface area (Å²) in [6, 6.07) is 5.83. The van der Waals surface area contributed by atoms with Crippen LogP contribution < -0.4 is 5.73 Å². The Morgan fingerprint density at radius 1 is 1.25 bits per heavy atom. The first-order valence-electron chi connectivity index (χ1n) is 6.40. The van der Waals surface area contributed by atoms with Gasteiger partial charge in [-0.1, -0.05) is 37.3 Å². The molecule has 3 rings (SSSR count). The van der Waals surface area contributed by atoms with Crippen molar-refractivity contribution in [2.75, 3.05) is 5.73 Å². The maximum atomic E-state index is 5.71. The molecule has 0 aliphatic heterocycles. The lowest BCUT2D eigenvalue weighted by molar-refractivity contribution is 0.374. The first-order chi connectivity index (χ1) is 9.40. The summed E-state index contributed by atoms with van der Waals surface area (Å²) in [6.07, 6.45) is 0.784. The van der Waals surface area contributed by atoms with Gasteiger partial charge in [0.05, 0.1) is 10.2 Å². The van der Waals surface area contributed by atoms with E-state index >= 15 is 0 Å². The van der Waals surface area contributed by atoms with Gasteiger partial charge in [-0.25, -0.2) is 4.98 Å². The van der Waals surface area contributed by atoms with Crippen LogP contribution in [-0.2, 0) is 6.42 Å². The highest BCUT2D eigenvalue weighted by Crippen LogP contribution is 2.29. The Balaban J connectivity index is 1.94. The van der Waals surface area contributed by atoms with E-state index in [1.807, 2.05) is 18.2 Å². The van der Waals surface area contributed by atoms with E-state index in [0.29, 0.717) is 11.0 Å². The molecule has 0 atom stereocenters. The first kappa shape index (κ1) is 13.1. The minimum absolute atomic E-state index is 0.136. The zero-order valence-electron chi connectivity index (χ0n) is 11.7. The lowest BCUT2D eigenvalue weighted by Gasteiger charge is -2.14. The summed E-state index contributed by atoms with van der Waals surface area (Å²) in [7, 11) is 0. The number of nitrogens with two attached hydrogens (primary N) is 1. The van der Waals surface area contributed by atoms with Gasteiger partial charge in [0.2, 0.25) is 0 Å². The number of hydrogen-bond donors (Lipinski definition) is 1. The van der Waals surface area contributed by atoms with Gasteiger partial charge in [0, 0.05) is 12.0 Å². The normalized spacial score (nSPS) is 12.2. The lowest BCUT2D eigenvalue weighted by atomic mass is 9.92. The maximum absolute atomic E-state index is 5.71. The van der Waals surface area contributed by atoms with Crippen LogP contribution in [0, 0.1) is 5.41 Å². The molecule has 2 aromatic heterocycles. The molecule has 6 heteroatoms. The number of anilines is 1. The van der Waals surface area contributed by atoms with E-state index in [2.05, 4.69) is 35.9 Å². The monoisotopic (exact) mass is 288 g/mol. The molecular formula is C14H16N4OS. The molecule has 2 heterocycles. The van der Waals surface area contributed by atoms with Crippen LogP contribution >= 0.6 is 11.3 Å². The molecule has 2 N–H and O–H groups in total. The van der Waals surface area contributed by atoms with Crippen LogP contribution in [0.5, 0.6) is 0 Å². The average Bonchev–Trinajstić information content (AvgIpc) is 2.91. The van der Waals surface area contributed by atoms with Crippen molar-refractivity contribution in [1.29, 1.82) is 0 Å². The average molecular weight is 288 g/mol. The second-order valence-corrected chi connectivity index (χ2v) is 7.05. The van der Waals surface area contributed by atoms with Crippen LogP contribution in [-0.4, -0.2) is 15.1 Å². The quantitative estimate of drug-likeness (QED) is 0.780. The molecule has 0 saturated carbocycles. The molecule has 0 fully saturated rings. The van der Waals surface area contributed by atoms with E-state index in [9.17, 15) is 0 Å². The van der Waals surface area contributed by atoms with Crippen molar-refractivity contribution >= 4 is 26.7 Å². The van der Waals surface area contributed by atoms with Crippen LogP contribution in [0.4, 0.5) is 5.13 Å². The molecule has 20 heavy (non-hydrogen) atoms. The molecule has 5 nitrogen and oxygen atoms in total. The number of hydrogen-bond acceptors (Lipinski definition) is 6. The third-order valence-electron chi connectivity index (χ3n) is 2.81. The Bertz CT molecular complexity index is 754. The van der Waals surface area contributed by atoms with E-state index in [1.165, 1.54) is 11.3 Å². The molecule has 0 aliphatic carbocycles. The second-order valence-electron chi connectivity index (χ2n) is 5.99. The fourth-order valence-electron chi connectivity index (χ4n) is 1.99. The largest absolute Gasteiger partial charge is 0.375 e. The van der Waals surface area contributed by atoms with Gasteiger partial charge in [0.15, 0.2) is 11.0 Å². The van der Waals surface area contributed by atoms with Gasteiger partial charge in [-0.2, -0.15) is 4.98 Å². The zero-order chi connectivity index (χ0) is 14.3. The summed E-state index contributed by atoms with van der Waals surface area (Å²) in [6.45, 7) is 6.44. The summed E-state index contributed by atoms with van der Waals surface area (Å²) in [5.74, 6) is 1.27. The van der Waals surface area contributed by atoms with E-state index in [-0.39, 0.29) is 5.41 Å². The molecule has 104 valence electrons. The molecule has 0 spiro atoms. The zero-order valence-corrected chi connectivity index (χ0v) is 12.5. The Kier molecular flexibility index (Phi) is 2.97. The number of thiazole rings is 1. The predicted molar refractivity (Wildman–Crippen MR) is 80.5 cm³/mol. The molecule has 0 aliphatic rings. The number of nitrogen functional groups attached to an aromatic ring is 1. The van der Waals surface area contributed by atoms with Gasteiger partial charge in [-0.15, -0.1) is 0 Å². The summed E-state index contributed by atoms with van der Waals surface area (Å²) in [5.41, 5.74) is 7.64. The van der Waals surface area contributed by atoms with Gasteiger partial charge in [0.1, 0.15) is 0 Å². The van der Waals surface area contributed by atoms with Crippen molar-refractivity contribution in [2.24, 2.45) is 5.41 Å².